The Morgan fingerprint density at radius 1 is 1.30 bits per heavy atom. The maximum absolute atomic E-state index is 13.7. The summed E-state index contributed by atoms with van der Waals surface area (Å²) in [4.78, 5) is 14.2. The first kappa shape index (κ1) is 15.7. The van der Waals surface area contributed by atoms with Gasteiger partial charge in [-0.2, -0.15) is 5.26 Å². The number of nitriles is 1. The summed E-state index contributed by atoms with van der Waals surface area (Å²) in [6, 6.07) is 10.3. The zero-order valence-corrected chi connectivity index (χ0v) is 12.8. The molecule has 120 valence electrons. The first-order valence-corrected chi connectivity index (χ1v) is 7.74. The number of aromatic nitrogens is 1. The number of hydrogen-bond donors (Lipinski definition) is 1. The summed E-state index contributed by atoms with van der Waals surface area (Å²) in [6.45, 7) is 2.10. The van der Waals surface area contributed by atoms with Gasteiger partial charge in [-0.25, -0.2) is 4.39 Å². The van der Waals surface area contributed by atoms with Crippen LogP contribution in [0, 0.1) is 11.3 Å². The number of pyridine rings is 1. The van der Waals surface area contributed by atoms with Crippen molar-refractivity contribution in [3.05, 3.63) is 46.2 Å². The smallest absolute Gasteiger partial charge is 0.251 e. The summed E-state index contributed by atoms with van der Waals surface area (Å²) in [5.41, 5.74) is 6.83. The Morgan fingerprint density at radius 3 is 2.83 bits per heavy atom. The molecule has 3 rings (SSSR count). The molecule has 2 heterocycles. The van der Waals surface area contributed by atoms with Crippen LogP contribution in [0.1, 0.15) is 12.0 Å². The highest BCUT2D eigenvalue weighted by atomic mass is 19.1. The summed E-state index contributed by atoms with van der Waals surface area (Å²) in [6.07, 6.45) is -0.386. The zero-order valence-electron chi connectivity index (χ0n) is 12.8. The standard InChI is InChI=1S/C17H19FN4O/c18-14-11-21(6-5-15(14)20)7-8-22-16-9-12(10-19)1-2-13(16)3-4-17(22)23/h1-4,9,14-15H,5-8,11,20H2. The van der Waals surface area contributed by atoms with Crippen molar-refractivity contribution >= 4 is 10.9 Å². The van der Waals surface area contributed by atoms with E-state index in [4.69, 9.17) is 11.0 Å². The van der Waals surface area contributed by atoms with Gasteiger partial charge in [0.15, 0.2) is 0 Å². The Kier molecular flexibility index (Phi) is 4.42. The second-order valence-electron chi connectivity index (χ2n) is 5.98. The monoisotopic (exact) mass is 314 g/mol. The van der Waals surface area contributed by atoms with Crippen LogP contribution in [0.3, 0.4) is 0 Å². The lowest BCUT2D eigenvalue weighted by atomic mass is 10.0. The molecular weight excluding hydrogens is 295 g/mol. The Labute approximate surface area is 133 Å². The van der Waals surface area contributed by atoms with Gasteiger partial charge < -0.3 is 10.3 Å². The molecule has 0 saturated carbocycles. The maximum atomic E-state index is 13.7. The van der Waals surface area contributed by atoms with Crippen molar-refractivity contribution < 1.29 is 4.39 Å². The lowest BCUT2D eigenvalue weighted by Crippen LogP contribution is -2.49. The van der Waals surface area contributed by atoms with Crippen molar-refractivity contribution in [3.63, 3.8) is 0 Å². The lowest BCUT2D eigenvalue weighted by Gasteiger charge is -2.32. The molecule has 5 nitrogen and oxygen atoms in total. The molecule has 1 aliphatic heterocycles. The number of piperidine rings is 1. The molecule has 2 unspecified atom stereocenters. The largest absolute Gasteiger partial charge is 0.325 e. The Bertz CT molecular complexity index is 810. The van der Waals surface area contributed by atoms with Crippen molar-refractivity contribution in [1.29, 1.82) is 5.26 Å². The SMILES string of the molecule is N#Cc1ccc2ccc(=O)n(CCN3CCC(N)C(F)C3)c2c1. The summed E-state index contributed by atoms with van der Waals surface area (Å²) in [7, 11) is 0. The normalized spacial score (nSPS) is 22.1. The van der Waals surface area contributed by atoms with E-state index in [9.17, 15) is 9.18 Å². The average molecular weight is 314 g/mol. The van der Waals surface area contributed by atoms with E-state index in [1.165, 1.54) is 6.07 Å². The minimum absolute atomic E-state index is 0.113. The molecule has 0 bridgehead atoms. The second kappa shape index (κ2) is 6.49. The van der Waals surface area contributed by atoms with Crippen LogP contribution in [0.2, 0.25) is 0 Å². The van der Waals surface area contributed by atoms with Crippen molar-refractivity contribution in [3.8, 4) is 6.07 Å². The molecule has 1 fully saturated rings. The van der Waals surface area contributed by atoms with Crippen molar-refractivity contribution in [2.45, 2.75) is 25.2 Å². The van der Waals surface area contributed by atoms with Crippen LogP contribution in [-0.2, 0) is 6.54 Å². The molecule has 1 saturated heterocycles. The summed E-state index contributed by atoms with van der Waals surface area (Å²) < 4.78 is 15.4. The molecule has 0 aliphatic carbocycles. The number of nitrogens with zero attached hydrogens (tertiary/aromatic N) is 3. The molecule has 2 atom stereocenters. The minimum Gasteiger partial charge on any atom is -0.325 e. The van der Waals surface area contributed by atoms with Gasteiger partial charge in [-0.05, 0) is 36.6 Å². The maximum Gasteiger partial charge on any atom is 0.251 e. The number of likely N-dealkylation sites (tertiary alicyclic amines) is 1. The van der Waals surface area contributed by atoms with Crippen molar-refractivity contribution in [1.82, 2.24) is 9.47 Å². The van der Waals surface area contributed by atoms with Gasteiger partial charge in [0, 0.05) is 31.7 Å². The van der Waals surface area contributed by atoms with Gasteiger partial charge in [0.05, 0.1) is 17.1 Å². The third kappa shape index (κ3) is 3.26. The van der Waals surface area contributed by atoms with Gasteiger partial charge in [0.2, 0.25) is 0 Å². The van der Waals surface area contributed by atoms with E-state index >= 15 is 0 Å². The van der Waals surface area contributed by atoms with E-state index < -0.39 is 6.17 Å². The minimum atomic E-state index is -1.02. The quantitative estimate of drug-likeness (QED) is 0.925. The fourth-order valence-corrected chi connectivity index (χ4v) is 3.02. The molecule has 23 heavy (non-hydrogen) atoms. The highest BCUT2D eigenvalue weighted by molar-refractivity contribution is 5.80. The molecule has 2 aromatic rings. The fraction of sp³-hybridized carbons (Fsp3) is 0.412. The van der Waals surface area contributed by atoms with Crippen molar-refractivity contribution in [2.75, 3.05) is 19.6 Å². The van der Waals surface area contributed by atoms with Gasteiger partial charge in [0.1, 0.15) is 6.17 Å². The molecule has 0 radical (unpaired) electrons. The van der Waals surface area contributed by atoms with Crippen LogP contribution in [0.5, 0.6) is 0 Å². The summed E-state index contributed by atoms with van der Waals surface area (Å²) >= 11 is 0. The number of alkyl halides is 1. The van der Waals surface area contributed by atoms with E-state index in [0.29, 0.717) is 31.6 Å². The Hall–Kier alpha value is -2.23. The van der Waals surface area contributed by atoms with Crippen LogP contribution in [-0.4, -0.2) is 41.3 Å². The van der Waals surface area contributed by atoms with Gasteiger partial charge in [-0.3, -0.25) is 9.69 Å². The second-order valence-corrected chi connectivity index (χ2v) is 5.98. The van der Waals surface area contributed by atoms with Crippen LogP contribution in [0.25, 0.3) is 10.9 Å². The molecule has 6 heteroatoms. The molecule has 0 spiro atoms. The predicted octanol–water partition coefficient (Wildman–Crippen LogP) is 1.24. The first-order valence-electron chi connectivity index (χ1n) is 7.74. The molecule has 1 aliphatic rings. The van der Waals surface area contributed by atoms with Crippen LogP contribution in [0.4, 0.5) is 4.39 Å². The Morgan fingerprint density at radius 2 is 2.09 bits per heavy atom. The number of hydrogen-bond acceptors (Lipinski definition) is 4. The van der Waals surface area contributed by atoms with E-state index in [2.05, 4.69) is 6.07 Å². The van der Waals surface area contributed by atoms with Crippen LogP contribution in [0.15, 0.2) is 35.1 Å². The van der Waals surface area contributed by atoms with E-state index in [0.717, 1.165) is 17.4 Å². The molecule has 1 aromatic heterocycles. The summed E-state index contributed by atoms with van der Waals surface area (Å²) in [5, 5.41) is 9.96. The van der Waals surface area contributed by atoms with Crippen LogP contribution >= 0.6 is 0 Å². The topological polar surface area (TPSA) is 75.0 Å². The number of halogens is 1. The zero-order chi connectivity index (χ0) is 16.4. The molecule has 0 amide bonds. The van der Waals surface area contributed by atoms with E-state index in [-0.39, 0.29) is 11.6 Å². The van der Waals surface area contributed by atoms with E-state index in [1.54, 1.807) is 22.8 Å². The van der Waals surface area contributed by atoms with Crippen molar-refractivity contribution in [2.24, 2.45) is 5.73 Å². The summed E-state index contributed by atoms with van der Waals surface area (Å²) in [5.74, 6) is 0. The van der Waals surface area contributed by atoms with Gasteiger partial charge in [-0.1, -0.05) is 6.07 Å². The predicted molar refractivity (Wildman–Crippen MR) is 86.9 cm³/mol. The highest BCUT2D eigenvalue weighted by Crippen LogP contribution is 2.15. The average Bonchev–Trinajstić information content (AvgIpc) is 2.56. The molecule has 2 N–H and O–H groups in total. The third-order valence-corrected chi connectivity index (χ3v) is 4.44. The van der Waals surface area contributed by atoms with E-state index in [1.807, 2.05) is 11.0 Å². The van der Waals surface area contributed by atoms with Gasteiger partial charge >= 0.3 is 0 Å². The third-order valence-electron chi connectivity index (χ3n) is 4.44. The number of nitrogens with two attached hydrogens (primary N) is 1. The molecular formula is C17H19FN4O. The Balaban J connectivity index is 1.83. The molecule has 1 aromatic carbocycles. The van der Waals surface area contributed by atoms with Gasteiger partial charge in [0.25, 0.3) is 5.56 Å². The number of fused-ring (bicyclic) bond motifs is 1. The number of rotatable bonds is 3. The fourth-order valence-electron chi connectivity index (χ4n) is 3.02. The lowest BCUT2D eigenvalue weighted by molar-refractivity contribution is 0.116. The number of benzene rings is 1. The highest BCUT2D eigenvalue weighted by Gasteiger charge is 2.25. The van der Waals surface area contributed by atoms with Gasteiger partial charge in [-0.15, -0.1) is 0 Å². The first-order chi connectivity index (χ1) is 11.1. The van der Waals surface area contributed by atoms with Crippen LogP contribution < -0.4 is 11.3 Å².